The third-order valence-corrected chi connectivity index (χ3v) is 2.44. The van der Waals surface area contributed by atoms with E-state index in [9.17, 15) is 0 Å². The quantitative estimate of drug-likeness (QED) is 0.559. The van der Waals surface area contributed by atoms with Crippen LogP contribution in [0.2, 0.25) is 0 Å². The van der Waals surface area contributed by atoms with Crippen molar-refractivity contribution in [1.82, 2.24) is 4.98 Å². The Labute approximate surface area is 105 Å². The molecule has 5 N–H and O–H groups in total. The van der Waals surface area contributed by atoms with Crippen LogP contribution >= 0.6 is 0 Å². The Morgan fingerprint density at radius 3 is 2.61 bits per heavy atom. The third-order valence-electron chi connectivity index (χ3n) is 2.44. The molecule has 0 aliphatic carbocycles. The van der Waals surface area contributed by atoms with Crippen molar-refractivity contribution in [2.24, 2.45) is 5.73 Å². The average Bonchev–Trinajstić information content (AvgIpc) is 2.37. The first-order valence-corrected chi connectivity index (χ1v) is 5.44. The number of nitrogens with zero attached hydrogens (tertiary/aromatic N) is 1. The van der Waals surface area contributed by atoms with Gasteiger partial charge in [0.25, 0.3) is 0 Å². The van der Waals surface area contributed by atoms with Crippen LogP contribution in [0.5, 0.6) is 5.88 Å². The number of rotatable bonds is 4. The van der Waals surface area contributed by atoms with Gasteiger partial charge in [0, 0.05) is 11.9 Å². The minimum absolute atomic E-state index is 0.149. The summed E-state index contributed by atoms with van der Waals surface area (Å²) in [6.45, 7) is 0.359. The summed E-state index contributed by atoms with van der Waals surface area (Å²) in [4.78, 5) is 4.05. The fourth-order valence-corrected chi connectivity index (χ4v) is 1.56. The Morgan fingerprint density at radius 1 is 1.22 bits per heavy atom. The number of anilines is 1. The van der Waals surface area contributed by atoms with Crippen LogP contribution in [0.25, 0.3) is 0 Å². The molecule has 5 heteroatoms. The summed E-state index contributed by atoms with van der Waals surface area (Å²) in [5, 5.41) is 7.48. The van der Waals surface area contributed by atoms with Gasteiger partial charge >= 0.3 is 0 Å². The fourth-order valence-electron chi connectivity index (χ4n) is 1.56. The molecule has 92 valence electrons. The number of nitrogen functional groups attached to an aromatic ring is 2. The number of aromatic nitrogens is 1. The zero-order valence-corrected chi connectivity index (χ0v) is 9.76. The van der Waals surface area contributed by atoms with Gasteiger partial charge in [-0.25, -0.2) is 4.98 Å². The van der Waals surface area contributed by atoms with Crippen LogP contribution in [0.3, 0.4) is 0 Å². The predicted molar refractivity (Wildman–Crippen MR) is 70.4 cm³/mol. The van der Waals surface area contributed by atoms with Gasteiger partial charge in [-0.05, 0) is 11.6 Å². The van der Waals surface area contributed by atoms with Crippen LogP contribution in [0.4, 0.5) is 5.69 Å². The van der Waals surface area contributed by atoms with Gasteiger partial charge in [0.05, 0.1) is 0 Å². The summed E-state index contributed by atoms with van der Waals surface area (Å²) >= 11 is 0. The molecule has 18 heavy (non-hydrogen) atoms. The molecule has 0 aliphatic heterocycles. The fraction of sp³-hybridized carbons (Fsp3) is 0.0769. The molecule has 1 aromatic heterocycles. The topological polar surface area (TPSA) is 98.0 Å². The van der Waals surface area contributed by atoms with E-state index >= 15 is 0 Å². The van der Waals surface area contributed by atoms with Gasteiger partial charge in [0.15, 0.2) is 0 Å². The highest BCUT2D eigenvalue weighted by atomic mass is 16.5. The Bertz CT molecular complexity index is 554. The van der Waals surface area contributed by atoms with E-state index < -0.39 is 0 Å². The Morgan fingerprint density at radius 2 is 1.94 bits per heavy atom. The van der Waals surface area contributed by atoms with E-state index in [-0.39, 0.29) is 11.7 Å². The zero-order valence-electron chi connectivity index (χ0n) is 9.76. The lowest BCUT2D eigenvalue weighted by Crippen LogP contribution is -2.16. The van der Waals surface area contributed by atoms with Gasteiger partial charge in [-0.3, -0.25) is 5.41 Å². The lowest BCUT2D eigenvalue weighted by Gasteiger charge is -2.11. The summed E-state index contributed by atoms with van der Waals surface area (Å²) < 4.78 is 5.55. The van der Waals surface area contributed by atoms with Crippen molar-refractivity contribution in [3.05, 3.63) is 53.7 Å². The number of nitrogens with one attached hydrogen (secondary N) is 1. The molecule has 2 aromatic rings. The van der Waals surface area contributed by atoms with Crippen LogP contribution < -0.4 is 16.2 Å². The van der Waals surface area contributed by atoms with E-state index in [1.54, 1.807) is 6.07 Å². The molecule has 0 unspecified atom stereocenters. The van der Waals surface area contributed by atoms with Gasteiger partial charge in [-0.1, -0.05) is 30.3 Å². The molecule has 0 radical (unpaired) electrons. The number of amidine groups is 1. The molecule has 0 atom stereocenters. The SMILES string of the molecule is N=C(N)c1c(N)ccnc1OCc1ccccc1. The third kappa shape index (κ3) is 2.57. The van der Waals surface area contributed by atoms with Crippen LogP contribution in [-0.2, 0) is 6.61 Å². The van der Waals surface area contributed by atoms with Gasteiger partial charge < -0.3 is 16.2 Å². The number of benzene rings is 1. The molecule has 1 heterocycles. The molecular weight excluding hydrogens is 228 g/mol. The summed E-state index contributed by atoms with van der Waals surface area (Å²) in [5.74, 6) is 0.134. The van der Waals surface area contributed by atoms with E-state index in [4.69, 9.17) is 21.6 Å². The Balaban J connectivity index is 2.20. The summed E-state index contributed by atoms with van der Waals surface area (Å²) in [6.07, 6.45) is 1.53. The van der Waals surface area contributed by atoms with Crippen molar-refractivity contribution < 1.29 is 4.74 Å². The molecule has 0 saturated carbocycles. The second-order valence-electron chi connectivity index (χ2n) is 3.77. The smallest absolute Gasteiger partial charge is 0.226 e. The number of hydrogen-bond donors (Lipinski definition) is 3. The van der Waals surface area contributed by atoms with Gasteiger partial charge in [-0.2, -0.15) is 0 Å². The minimum Gasteiger partial charge on any atom is -0.472 e. The van der Waals surface area contributed by atoms with E-state index in [1.807, 2.05) is 30.3 Å². The first-order chi connectivity index (χ1) is 8.68. The first-order valence-electron chi connectivity index (χ1n) is 5.44. The monoisotopic (exact) mass is 242 g/mol. The maximum Gasteiger partial charge on any atom is 0.226 e. The van der Waals surface area contributed by atoms with Crippen LogP contribution in [0.15, 0.2) is 42.6 Å². The summed E-state index contributed by atoms with van der Waals surface area (Å²) in [5.41, 5.74) is 13.0. The standard InChI is InChI=1S/C13H14N4O/c14-10-6-7-17-13(11(10)12(15)16)18-8-9-4-2-1-3-5-9/h1-7H,8H2,(H2,14,17)(H3,15,16). The van der Waals surface area contributed by atoms with Crippen molar-refractivity contribution >= 4 is 11.5 Å². The van der Waals surface area contributed by atoms with Gasteiger partial charge in [0.1, 0.15) is 18.0 Å². The van der Waals surface area contributed by atoms with E-state index in [0.717, 1.165) is 5.56 Å². The van der Waals surface area contributed by atoms with E-state index in [1.165, 1.54) is 6.20 Å². The van der Waals surface area contributed by atoms with E-state index in [0.29, 0.717) is 17.9 Å². The maximum absolute atomic E-state index is 7.48. The number of ether oxygens (including phenoxy) is 1. The van der Waals surface area contributed by atoms with E-state index in [2.05, 4.69) is 4.98 Å². The molecule has 5 nitrogen and oxygen atoms in total. The highest BCUT2D eigenvalue weighted by Crippen LogP contribution is 2.21. The van der Waals surface area contributed by atoms with Crippen molar-refractivity contribution in [2.45, 2.75) is 6.61 Å². The number of pyridine rings is 1. The first kappa shape index (κ1) is 11.9. The van der Waals surface area contributed by atoms with Crippen molar-refractivity contribution in [2.75, 3.05) is 5.73 Å². The molecule has 0 aliphatic rings. The maximum atomic E-state index is 7.48. The Hall–Kier alpha value is -2.56. The second kappa shape index (κ2) is 5.18. The molecule has 0 amide bonds. The van der Waals surface area contributed by atoms with Crippen LogP contribution in [-0.4, -0.2) is 10.8 Å². The van der Waals surface area contributed by atoms with Gasteiger partial charge in [0.2, 0.25) is 5.88 Å². The summed E-state index contributed by atoms with van der Waals surface area (Å²) in [7, 11) is 0. The van der Waals surface area contributed by atoms with Gasteiger partial charge in [-0.15, -0.1) is 0 Å². The molecule has 2 rings (SSSR count). The number of nitrogens with two attached hydrogens (primary N) is 2. The predicted octanol–water partition coefficient (Wildman–Crippen LogP) is 1.53. The normalized spacial score (nSPS) is 10.0. The second-order valence-corrected chi connectivity index (χ2v) is 3.77. The molecule has 0 saturated heterocycles. The largest absolute Gasteiger partial charge is 0.472 e. The van der Waals surface area contributed by atoms with Crippen molar-refractivity contribution in [3.8, 4) is 5.88 Å². The lowest BCUT2D eigenvalue weighted by molar-refractivity contribution is 0.293. The molecule has 0 bridgehead atoms. The zero-order chi connectivity index (χ0) is 13.0. The van der Waals surface area contributed by atoms with Crippen LogP contribution in [0.1, 0.15) is 11.1 Å². The average molecular weight is 242 g/mol. The van der Waals surface area contributed by atoms with Crippen molar-refractivity contribution in [1.29, 1.82) is 5.41 Å². The molecular formula is C13H14N4O. The highest BCUT2D eigenvalue weighted by Gasteiger charge is 2.12. The molecule has 0 fully saturated rings. The number of hydrogen-bond acceptors (Lipinski definition) is 4. The lowest BCUT2D eigenvalue weighted by atomic mass is 10.2. The Kier molecular flexibility index (Phi) is 3.43. The molecule has 0 spiro atoms. The minimum atomic E-state index is -0.149. The van der Waals surface area contributed by atoms with Crippen LogP contribution in [0, 0.1) is 5.41 Å². The van der Waals surface area contributed by atoms with Crippen molar-refractivity contribution in [3.63, 3.8) is 0 Å². The summed E-state index contributed by atoms with van der Waals surface area (Å²) in [6, 6.07) is 11.3. The molecule has 1 aromatic carbocycles. The highest BCUT2D eigenvalue weighted by molar-refractivity contribution is 6.01.